The highest BCUT2D eigenvalue weighted by Gasteiger charge is 2.17. The maximum Gasteiger partial charge on any atom is 0.230 e. The quantitative estimate of drug-likeness (QED) is 0.773. The molecule has 0 fully saturated rings. The summed E-state index contributed by atoms with van der Waals surface area (Å²) in [5.74, 6) is 0.267. The standard InChI is InChI=1S/C14H10ClN3O/c15-11-5-1-3-9(7-11)13-12(14(16)19-18-13)10-4-2-6-17-8-10/h1-8H,16H2. The van der Waals surface area contributed by atoms with Crippen molar-refractivity contribution in [2.75, 3.05) is 5.73 Å². The van der Waals surface area contributed by atoms with E-state index >= 15 is 0 Å². The third kappa shape index (κ3) is 2.18. The van der Waals surface area contributed by atoms with Gasteiger partial charge in [-0.2, -0.15) is 0 Å². The van der Waals surface area contributed by atoms with Crippen LogP contribution in [-0.2, 0) is 0 Å². The smallest absolute Gasteiger partial charge is 0.230 e. The van der Waals surface area contributed by atoms with Gasteiger partial charge in [0.1, 0.15) is 5.69 Å². The highest BCUT2D eigenvalue weighted by atomic mass is 35.5. The number of nitrogens with zero attached hydrogens (tertiary/aromatic N) is 2. The molecular formula is C14H10ClN3O. The normalized spacial score (nSPS) is 10.6. The molecule has 2 heterocycles. The second-order valence-corrected chi connectivity index (χ2v) is 4.46. The lowest BCUT2D eigenvalue weighted by atomic mass is 10.0. The van der Waals surface area contributed by atoms with E-state index < -0.39 is 0 Å². The van der Waals surface area contributed by atoms with Gasteiger partial charge < -0.3 is 10.3 Å². The minimum atomic E-state index is 0.267. The SMILES string of the molecule is Nc1onc(-c2cccc(Cl)c2)c1-c1cccnc1. The van der Waals surface area contributed by atoms with E-state index in [2.05, 4.69) is 10.1 Å². The molecule has 3 aromatic rings. The van der Waals surface area contributed by atoms with Crippen LogP contribution >= 0.6 is 11.6 Å². The predicted molar refractivity (Wildman–Crippen MR) is 74.6 cm³/mol. The van der Waals surface area contributed by atoms with Crippen molar-refractivity contribution < 1.29 is 4.52 Å². The first-order valence-corrected chi connectivity index (χ1v) is 6.05. The molecule has 0 aliphatic heterocycles. The average molecular weight is 272 g/mol. The lowest BCUT2D eigenvalue weighted by Gasteiger charge is -2.02. The summed E-state index contributed by atoms with van der Waals surface area (Å²) in [6, 6.07) is 11.1. The molecule has 4 nitrogen and oxygen atoms in total. The summed E-state index contributed by atoms with van der Waals surface area (Å²) in [4.78, 5) is 4.08. The zero-order valence-electron chi connectivity index (χ0n) is 9.88. The molecule has 94 valence electrons. The monoisotopic (exact) mass is 271 g/mol. The summed E-state index contributed by atoms with van der Waals surface area (Å²) in [7, 11) is 0. The highest BCUT2D eigenvalue weighted by Crippen LogP contribution is 2.36. The molecule has 0 saturated carbocycles. The number of nitrogens with two attached hydrogens (primary N) is 1. The first-order chi connectivity index (χ1) is 9.25. The van der Waals surface area contributed by atoms with Gasteiger partial charge in [-0.15, -0.1) is 0 Å². The molecule has 0 spiro atoms. The Hall–Kier alpha value is -2.33. The van der Waals surface area contributed by atoms with Crippen molar-refractivity contribution in [3.8, 4) is 22.4 Å². The van der Waals surface area contributed by atoms with Crippen molar-refractivity contribution in [2.45, 2.75) is 0 Å². The summed E-state index contributed by atoms with van der Waals surface area (Å²) in [5.41, 5.74) is 8.96. The van der Waals surface area contributed by atoms with Crippen molar-refractivity contribution in [3.05, 3.63) is 53.8 Å². The number of hydrogen-bond donors (Lipinski definition) is 1. The van der Waals surface area contributed by atoms with E-state index in [4.69, 9.17) is 21.9 Å². The number of halogens is 1. The first-order valence-electron chi connectivity index (χ1n) is 5.67. The van der Waals surface area contributed by atoms with E-state index in [0.29, 0.717) is 10.7 Å². The fourth-order valence-corrected chi connectivity index (χ4v) is 2.12. The number of hydrogen-bond acceptors (Lipinski definition) is 4. The van der Waals surface area contributed by atoms with Crippen LogP contribution in [0.25, 0.3) is 22.4 Å². The molecule has 0 atom stereocenters. The summed E-state index contributed by atoms with van der Waals surface area (Å²) >= 11 is 6.00. The maximum absolute atomic E-state index is 6.00. The molecule has 2 aromatic heterocycles. The Morgan fingerprint density at radius 1 is 1.11 bits per heavy atom. The molecule has 0 saturated heterocycles. The van der Waals surface area contributed by atoms with Gasteiger partial charge in [0.05, 0.1) is 5.56 Å². The van der Waals surface area contributed by atoms with E-state index in [0.717, 1.165) is 16.7 Å². The zero-order chi connectivity index (χ0) is 13.2. The predicted octanol–water partition coefficient (Wildman–Crippen LogP) is 3.64. The summed E-state index contributed by atoms with van der Waals surface area (Å²) in [6.45, 7) is 0. The van der Waals surface area contributed by atoms with Crippen LogP contribution in [0.4, 0.5) is 5.88 Å². The van der Waals surface area contributed by atoms with Gasteiger partial charge in [-0.1, -0.05) is 35.0 Å². The third-order valence-electron chi connectivity index (χ3n) is 2.77. The van der Waals surface area contributed by atoms with Gasteiger partial charge in [0.25, 0.3) is 0 Å². The minimum absolute atomic E-state index is 0.267. The highest BCUT2D eigenvalue weighted by molar-refractivity contribution is 6.30. The number of anilines is 1. The Bertz CT molecular complexity index is 710. The summed E-state index contributed by atoms with van der Waals surface area (Å²) < 4.78 is 5.10. The molecule has 0 bridgehead atoms. The molecule has 3 rings (SSSR count). The van der Waals surface area contributed by atoms with Crippen molar-refractivity contribution in [1.82, 2.24) is 10.1 Å². The van der Waals surface area contributed by atoms with Crippen LogP contribution in [0, 0.1) is 0 Å². The number of nitrogen functional groups attached to an aromatic ring is 1. The Labute approximate surface area is 114 Å². The summed E-state index contributed by atoms with van der Waals surface area (Å²) in [5, 5.41) is 4.65. The maximum atomic E-state index is 6.00. The van der Waals surface area contributed by atoms with Gasteiger partial charge >= 0.3 is 0 Å². The number of rotatable bonds is 2. The lowest BCUT2D eigenvalue weighted by molar-refractivity contribution is 0.439. The topological polar surface area (TPSA) is 64.9 Å². The van der Waals surface area contributed by atoms with Gasteiger partial charge in [0.2, 0.25) is 5.88 Å². The van der Waals surface area contributed by atoms with E-state index in [1.165, 1.54) is 0 Å². The molecule has 0 amide bonds. The van der Waals surface area contributed by atoms with Crippen molar-refractivity contribution in [3.63, 3.8) is 0 Å². The molecule has 0 aliphatic rings. The third-order valence-corrected chi connectivity index (χ3v) is 3.00. The number of aromatic nitrogens is 2. The Morgan fingerprint density at radius 2 is 1.95 bits per heavy atom. The largest absolute Gasteiger partial charge is 0.367 e. The van der Waals surface area contributed by atoms with Crippen LogP contribution in [0.1, 0.15) is 0 Å². The van der Waals surface area contributed by atoms with Crippen molar-refractivity contribution in [1.29, 1.82) is 0 Å². The summed E-state index contributed by atoms with van der Waals surface area (Å²) in [6.07, 6.45) is 3.42. The Morgan fingerprint density at radius 3 is 2.68 bits per heavy atom. The first kappa shape index (κ1) is 11.7. The van der Waals surface area contributed by atoms with Gasteiger partial charge in [0, 0.05) is 28.5 Å². The molecule has 0 radical (unpaired) electrons. The lowest BCUT2D eigenvalue weighted by Crippen LogP contribution is -1.88. The fraction of sp³-hybridized carbons (Fsp3) is 0. The number of pyridine rings is 1. The fourth-order valence-electron chi connectivity index (χ4n) is 1.93. The average Bonchev–Trinajstić information content (AvgIpc) is 2.82. The molecule has 2 N–H and O–H groups in total. The minimum Gasteiger partial charge on any atom is -0.367 e. The van der Waals surface area contributed by atoms with Crippen molar-refractivity contribution in [2.24, 2.45) is 0 Å². The molecule has 0 aliphatic carbocycles. The Balaban J connectivity index is 2.19. The van der Waals surface area contributed by atoms with Gasteiger partial charge in [-0.3, -0.25) is 4.98 Å². The molecule has 0 unspecified atom stereocenters. The van der Waals surface area contributed by atoms with E-state index in [9.17, 15) is 0 Å². The second kappa shape index (κ2) is 4.74. The van der Waals surface area contributed by atoms with Crippen LogP contribution in [0.15, 0.2) is 53.3 Å². The van der Waals surface area contributed by atoms with Crippen LogP contribution < -0.4 is 5.73 Å². The van der Waals surface area contributed by atoms with E-state index in [-0.39, 0.29) is 5.88 Å². The van der Waals surface area contributed by atoms with Crippen molar-refractivity contribution >= 4 is 17.5 Å². The molecular weight excluding hydrogens is 262 g/mol. The van der Waals surface area contributed by atoms with Gasteiger partial charge in [0.15, 0.2) is 0 Å². The van der Waals surface area contributed by atoms with Crippen LogP contribution in [0.3, 0.4) is 0 Å². The van der Waals surface area contributed by atoms with Gasteiger partial charge in [-0.25, -0.2) is 0 Å². The van der Waals surface area contributed by atoms with E-state index in [1.807, 2.05) is 30.3 Å². The molecule has 1 aromatic carbocycles. The Kier molecular flexibility index (Phi) is 2.93. The van der Waals surface area contributed by atoms with Crippen LogP contribution in [0.5, 0.6) is 0 Å². The second-order valence-electron chi connectivity index (χ2n) is 4.02. The molecule has 5 heteroatoms. The van der Waals surface area contributed by atoms with Crippen LogP contribution in [0.2, 0.25) is 5.02 Å². The zero-order valence-corrected chi connectivity index (χ0v) is 10.6. The number of benzene rings is 1. The van der Waals surface area contributed by atoms with E-state index in [1.54, 1.807) is 18.5 Å². The van der Waals surface area contributed by atoms with Crippen LogP contribution in [-0.4, -0.2) is 10.1 Å². The van der Waals surface area contributed by atoms with Gasteiger partial charge in [-0.05, 0) is 18.2 Å². The molecule has 19 heavy (non-hydrogen) atoms.